The average molecular weight is 273 g/mol. The maximum Gasteiger partial charge on any atom is 0.325 e. The fourth-order valence-electron chi connectivity index (χ4n) is 1.10. The van der Waals surface area contributed by atoms with E-state index in [2.05, 4.69) is 4.99 Å². The van der Waals surface area contributed by atoms with Crippen molar-refractivity contribution < 1.29 is 37.2 Å². The number of aromatic hydroxyl groups is 2. The zero-order valence-corrected chi connectivity index (χ0v) is 9.38. The number of carboxylic acids is 1. The van der Waals surface area contributed by atoms with Gasteiger partial charge in [0.05, 0.1) is 0 Å². The van der Waals surface area contributed by atoms with Crippen molar-refractivity contribution in [3.63, 3.8) is 0 Å². The predicted octanol–water partition coefficient (Wildman–Crippen LogP) is 0.989. The summed E-state index contributed by atoms with van der Waals surface area (Å²) in [6.45, 7) is 1.25. The first-order valence-corrected chi connectivity index (χ1v) is 4.26. The first-order valence-electron chi connectivity index (χ1n) is 4.26. The summed E-state index contributed by atoms with van der Waals surface area (Å²) in [6, 6.07) is 4.05. The fraction of sp³-hybridized carbons (Fsp3) is 0.200. The van der Waals surface area contributed by atoms with Crippen LogP contribution in [-0.4, -0.2) is 33.5 Å². The Labute approximate surface area is 103 Å². The van der Waals surface area contributed by atoms with Gasteiger partial charge in [0.25, 0.3) is 0 Å². The van der Waals surface area contributed by atoms with E-state index in [9.17, 15) is 9.90 Å². The molecular formula is C10H11CuNO4. The van der Waals surface area contributed by atoms with Crippen molar-refractivity contribution in [2.24, 2.45) is 4.99 Å². The summed E-state index contributed by atoms with van der Waals surface area (Å²) in [5.74, 6) is -1.21. The van der Waals surface area contributed by atoms with Gasteiger partial charge in [0.2, 0.25) is 0 Å². The van der Waals surface area contributed by atoms with Crippen LogP contribution in [0, 0.1) is 0 Å². The molecule has 0 amide bonds. The first-order chi connectivity index (χ1) is 7.00. The van der Waals surface area contributed by atoms with Gasteiger partial charge in [0.1, 0.15) is 18.0 Å². The SMILES string of the molecule is C/C(=N\CC(=O)O)c1ccc(O)cc1O.[Cu]. The monoisotopic (exact) mass is 272 g/mol. The minimum atomic E-state index is -1.03. The first kappa shape index (κ1) is 14.5. The van der Waals surface area contributed by atoms with Gasteiger partial charge in [-0.2, -0.15) is 0 Å². The van der Waals surface area contributed by atoms with Crippen LogP contribution in [0.4, 0.5) is 0 Å². The number of rotatable bonds is 3. The summed E-state index contributed by atoms with van der Waals surface area (Å²) in [5, 5.41) is 26.9. The zero-order chi connectivity index (χ0) is 11.4. The summed E-state index contributed by atoms with van der Waals surface area (Å²) in [4.78, 5) is 14.0. The zero-order valence-electron chi connectivity index (χ0n) is 8.44. The molecule has 0 saturated heterocycles. The van der Waals surface area contributed by atoms with E-state index in [0.717, 1.165) is 0 Å². The Bertz CT molecular complexity index is 417. The Hall–Kier alpha value is -1.52. The van der Waals surface area contributed by atoms with Gasteiger partial charge in [0.15, 0.2) is 0 Å². The largest absolute Gasteiger partial charge is 0.508 e. The van der Waals surface area contributed by atoms with Crippen LogP contribution in [0.15, 0.2) is 23.2 Å². The van der Waals surface area contributed by atoms with Crippen LogP contribution in [0.1, 0.15) is 12.5 Å². The standard InChI is InChI=1S/C10H11NO4.Cu/c1-6(11-5-10(14)15)8-3-2-7(12)4-9(8)13;/h2-4,12-13H,5H2,1H3,(H,14,15);/b11-6+;. The van der Waals surface area contributed by atoms with E-state index < -0.39 is 5.97 Å². The Morgan fingerprint density at radius 3 is 2.50 bits per heavy atom. The Kier molecular flexibility index (Phi) is 5.56. The molecule has 0 unspecified atom stereocenters. The van der Waals surface area contributed by atoms with Gasteiger partial charge >= 0.3 is 5.97 Å². The smallest absolute Gasteiger partial charge is 0.325 e. The minimum absolute atomic E-state index is 0. The van der Waals surface area contributed by atoms with E-state index in [1.807, 2.05) is 0 Å². The van der Waals surface area contributed by atoms with E-state index in [-0.39, 0.29) is 35.1 Å². The van der Waals surface area contributed by atoms with E-state index in [1.165, 1.54) is 18.2 Å². The van der Waals surface area contributed by atoms with Crippen LogP contribution in [0.3, 0.4) is 0 Å². The minimum Gasteiger partial charge on any atom is -0.508 e. The Morgan fingerprint density at radius 1 is 1.38 bits per heavy atom. The third-order valence-electron chi connectivity index (χ3n) is 1.82. The number of nitrogens with zero attached hydrogens (tertiary/aromatic N) is 1. The van der Waals surface area contributed by atoms with Crippen molar-refractivity contribution in [3.8, 4) is 11.5 Å². The third kappa shape index (κ3) is 3.92. The third-order valence-corrected chi connectivity index (χ3v) is 1.82. The van der Waals surface area contributed by atoms with Crippen molar-refractivity contribution >= 4 is 11.7 Å². The molecule has 5 nitrogen and oxygen atoms in total. The van der Waals surface area contributed by atoms with Crippen LogP contribution >= 0.6 is 0 Å². The van der Waals surface area contributed by atoms with E-state index in [4.69, 9.17) is 10.2 Å². The van der Waals surface area contributed by atoms with Gasteiger partial charge in [-0.15, -0.1) is 0 Å². The molecule has 6 heteroatoms. The molecule has 0 aromatic heterocycles. The summed E-state index contributed by atoms with van der Waals surface area (Å²) in [7, 11) is 0. The van der Waals surface area contributed by atoms with E-state index in [0.29, 0.717) is 11.3 Å². The normalized spacial score (nSPS) is 10.7. The van der Waals surface area contributed by atoms with Crippen molar-refractivity contribution in [2.75, 3.05) is 6.54 Å². The number of aliphatic carboxylic acids is 1. The second-order valence-corrected chi connectivity index (χ2v) is 3.00. The molecule has 0 atom stereocenters. The van der Waals surface area contributed by atoms with Gasteiger partial charge < -0.3 is 15.3 Å². The molecule has 0 heterocycles. The Balaban J connectivity index is 0.00000225. The van der Waals surface area contributed by atoms with E-state index in [1.54, 1.807) is 6.92 Å². The second kappa shape index (κ2) is 6.15. The summed E-state index contributed by atoms with van der Waals surface area (Å²) in [6.07, 6.45) is 0. The molecule has 0 aliphatic heterocycles. The Morgan fingerprint density at radius 2 is 2.00 bits per heavy atom. The maximum atomic E-state index is 10.3. The predicted molar refractivity (Wildman–Crippen MR) is 54.5 cm³/mol. The number of carbonyl (C=O) groups is 1. The van der Waals surface area contributed by atoms with Crippen molar-refractivity contribution in [2.45, 2.75) is 6.92 Å². The quantitative estimate of drug-likeness (QED) is 0.565. The second-order valence-electron chi connectivity index (χ2n) is 3.00. The summed E-state index contributed by atoms with van der Waals surface area (Å²) in [5.41, 5.74) is 0.823. The molecule has 16 heavy (non-hydrogen) atoms. The van der Waals surface area contributed by atoms with Gasteiger partial charge in [0, 0.05) is 34.4 Å². The van der Waals surface area contributed by atoms with Gasteiger partial charge in [-0.3, -0.25) is 9.79 Å². The molecule has 0 fully saturated rings. The number of benzene rings is 1. The molecule has 0 aliphatic rings. The number of aliphatic imine (C=N–C) groups is 1. The number of phenols is 2. The molecule has 0 bridgehead atoms. The number of carboxylic acid groups (broad SMARTS) is 1. The molecular weight excluding hydrogens is 262 g/mol. The van der Waals surface area contributed by atoms with E-state index >= 15 is 0 Å². The molecule has 1 aromatic carbocycles. The molecule has 91 valence electrons. The van der Waals surface area contributed by atoms with Gasteiger partial charge in [-0.25, -0.2) is 0 Å². The van der Waals surface area contributed by atoms with Crippen LogP contribution in [0.5, 0.6) is 11.5 Å². The maximum absolute atomic E-state index is 10.3. The van der Waals surface area contributed by atoms with Crippen LogP contribution in [-0.2, 0) is 21.9 Å². The molecule has 1 radical (unpaired) electrons. The molecule has 1 aromatic rings. The van der Waals surface area contributed by atoms with Crippen LogP contribution < -0.4 is 0 Å². The van der Waals surface area contributed by atoms with Crippen molar-refractivity contribution in [3.05, 3.63) is 23.8 Å². The molecule has 0 aliphatic carbocycles. The topological polar surface area (TPSA) is 90.1 Å². The number of hydrogen-bond donors (Lipinski definition) is 3. The van der Waals surface area contributed by atoms with Crippen molar-refractivity contribution in [1.82, 2.24) is 0 Å². The number of hydrogen-bond acceptors (Lipinski definition) is 4. The van der Waals surface area contributed by atoms with Crippen LogP contribution in [0.25, 0.3) is 0 Å². The molecule has 1 rings (SSSR count). The average Bonchev–Trinajstić information content (AvgIpc) is 2.14. The molecule has 0 saturated carbocycles. The van der Waals surface area contributed by atoms with Gasteiger partial charge in [-0.1, -0.05) is 0 Å². The van der Waals surface area contributed by atoms with Gasteiger partial charge in [-0.05, 0) is 19.1 Å². The fourth-order valence-corrected chi connectivity index (χ4v) is 1.10. The van der Waals surface area contributed by atoms with Crippen LogP contribution in [0.2, 0.25) is 0 Å². The number of phenolic OH excluding ortho intramolecular Hbond substituents is 2. The van der Waals surface area contributed by atoms with Crippen molar-refractivity contribution in [1.29, 1.82) is 0 Å². The molecule has 0 spiro atoms. The molecule has 3 N–H and O–H groups in total. The summed E-state index contributed by atoms with van der Waals surface area (Å²) >= 11 is 0. The summed E-state index contributed by atoms with van der Waals surface area (Å²) < 4.78 is 0.